The Bertz CT molecular complexity index is 927. The molecule has 0 saturated carbocycles. The molecule has 2 aromatic heterocycles. The number of aromatic amines is 1. The number of amides is 1. The van der Waals surface area contributed by atoms with Crippen LogP contribution in [-0.2, 0) is 4.79 Å². The van der Waals surface area contributed by atoms with E-state index < -0.39 is 0 Å². The molecular formula is C20H22FN5O. The summed E-state index contributed by atoms with van der Waals surface area (Å²) in [6.45, 7) is 1.58. The Morgan fingerprint density at radius 2 is 2.26 bits per heavy atom. The number of aromatic nitrogens is 3. The fraction of sp³-hybridized carbons (Fsp3) is 0.350. The summed E-state index contributed by atoms with van der Waals surface area (Å²) in [5.41, 5.74) is 2.19. The van der Waals surface area contributed by atoms with Crippen molar-refractivity contribution in [2.75, 3.05) is 18.4 Å². The third kappa shape index (κ3) is 4.14. The van der Waals surface area contributed by atoms with Gasteiger partial charge in [-0.3, -0.25) is 14.7 Å². The third-order valence-corrected chi connectivity index (χ3v) is 4.96. The molecule has 7 heteroatoms. The van der Waals surface area contributed by atoms with Crippen LogP contribution in [0.3, 0.4) is 0 Å². The number of nitrogens with one attached hydrogen (secondary N) is 2. The van der Waals surface area contributed by atoms with Gasteiger partial charge in [0.05, 0.1) is 29.0 Å². The van der Waals surface area contributed by atoms with E-state index in [1.54, 1.807) is 24.5 Å². The fourth-order valence-corrected chi connectivity index (χ4v) is 3.63. The molecule has 0 aliphatic carbocycles. The minimum Gasteiger partial charge on any atom is -0.341 e. The quantitative estimate of drug-likeness (QED) is 0.722. The van der Waals surface area contributed by atoms with Gasteiger partial charge in [0.25, 0.3) is 0 Å². The number of hydrogen-bond donors (Lipinski definition) is 2. The van der Waals surface area contributed by atoms with Crippen molar-refractivity contribution >= 4 is 22.6 Å². The highest BCUT2D eigenvalue weighted by molar-refractivity contribution is 5.90. The van der Waals surface area contributed by atoms with Gasteiger partial charge in [-0.15, -0.1) is 0 Å². The molecule has 0 radical (unpaired) electrons. The number of piperidine rings is 1. The van der Waals surface area contributed by atoms with Crippen molar-refractivity contribution in [3.05, 3.63) is 54.4 Å². The standard InChI is InChI=1S/C20H22FN5O/c21-14-6-7-16-17(12-14)25-20(24-16)18-5-1-2-10-26(18)11-8-19(27)23-15-4-3-9-22-13-15/h3-4,6-7,9,12-13,18H,1-2,5,8,10-11H2,(H,23,27)(H,24,25)/t18-/m0/s1. The number of fused-ring (bicyclic) bond motifs is 1. The molecule has 0 unspecified atom stereocenters. The zero-order valence-corrected chi connectivity index (χ0v) is 15.0. The average molecular weight is 367 g/mol. The lowest BCUT2D eigenvalue weighted by molar-refractivity contribution is -0.116. The molecule has 1 amide bonds. The molecule has 4 rings (SSSR count). The monoisotopic (exact) mass is 367 g/mol. The van der Waals surface area contributed by atoms with Gasteiger partial charge in [-0.25, -0.2) is 9.37 Å². The number of nitrogens with zero attached hydrogens (tertiary/aromatic N) is 3. The number of anilines is 1. The molecule has 1 atom stereocenters. The van der Waals surface area contributed by atoms with Crippen molar-refractivity contribution in [2.45, 2.75) is 31.7 Å². The minimum absolute atomic E-state index is 0.0287. The van der Waals surface area contributed by atoms with Crippen molar-refractivity contribution in [1.82, 2.24) is 19.9 Å². The first-order chi connectivity index (χ1) is 13.2. The summed E-state index contributed by atoms with van der Waals surface area (Å²) in [5, 5.41) is 2.87. The van der Waals surface area contributed by atoms with Crippen molar-refractivity contribution < 1.29 is 9.18 Å². The number of carbonyl (C=O) groups is 1. The molecule has 6 nitrogen and oxygen atoms in total. The first-order valence-corrected chi connectivity index (χ1v) is 9.28. The lowest BCUT2D eigenvalue weighted by Crippen LogP contribution is -2.36. The maximum absolute atomic E-state index is 13.4. The Labute approximate surface area is 156 Å². The number of carbonyl (C=O) groups excluding carboxylic acids is 1. The van der Waals surface area contributed by atoms with Gasteiger partial charge in [0.2, 0.25) is 5.91 Å². The van der Waals surface area contributed by atoms with Crippen LogP contribution in [0.2, 0.25) is 0 Å². The normalized spacial score (nSPS) is 17.9. The zero-order chi connectivity index (χ0) is 18.6. The Kier molecular flexibility index (Phi) is 5.11. The number of H-pyrrole nitrogens is 1. The second kappa shape index (κ2) is 7.84. The predicted molar refractivity (Wildman–Crippen MR) is 102 cm³/mol. The summed E-state index contributed by atoms with van der Waals surface area (Å²) in [6, 6.07) is 8.33. The average Bonchev–Trinajstić information content (AvgIpc) is 3.10. The first-order valence-electron chi connectivity index (χ1n) is 9.28. The third-order valence-electron chi connectivity index (χ3n) is 4.96. The van der Waals surface area contributed by atoms with Crippen LogP contribution in [0.25, 0.3) is 11.0 Å². The highest BCUT2D eigenvalue weighted by Crippen LogP contribution is 2.30. The smallest absolute Gasteiger partial charge is 0.225 e. The fourth-order valence-electron chi connectivity index (χ4n) is 3.63. The highest BCUT2D eigenvalue weighted by Gasteiger charge is 2.26. The van der Waals surface area contributed by atoms with E-state index >= 15 is 0 Å². The van der Waals surface area contributed by atoms with E-state index in [4.69, 9.17) is 0 Å². The van der Waals surface area contributed by atoms with E-state index in [1.165, 1.54) is 12.1 Å². The number of pyridine rings is 1. The van der Waals surface area contributed by atoms with Crippen molar-refractivity contribution in [2.24, 2.45) is 0 Å². The molecule has 3 aromatic rings. The maximum atomic E-state index is 13.4. The molecule has 3 heterocycles. The zero-order valence-electron chi connectivity index (χ0n) is 15.0. The number of benzene rings is 1. The van der Waals surface area contributed by atoms with Gasteiger partial charge >= 0.3 is 0 Å². The van der Waals surface area contributed by atoms with Crippen LogP contribution in [0, 0.1) is 5.82 Å². The Morgan fingerprint density at radius 1 is 1.33 bits per heavy atom. The van der Waals surface area contributed by atoms with E-state index in [2.05, 4.69) is 25.2 Å². The summed E-state index contributed by atoms with van der Waals surface area (Å²) in [7, 11) is 0. The van der Waals surface area contributed by atoms with Crippen molar-refractivity contribution in [3.63, 3.8) is 0 Å². The van der Waals surface area contributed by atoms with Crippen molar-refractivity contribution in [3.8, 4) is 0 Å². The maximum Gasteiger partial charge on any atom is 0.225 e. The summed E-state index contributed by atoms with van der Waals surface area (Å²) in [6.07, 6.45) is 6.92. The van der Waals surface area contributed by atoms with Gasteiger partial charge in [-0.2, -0.15) is 0 Å². The number of rotatable bonds is 5. The second-order valence-electron chi connectivity index (χ2n) is 6.87. The largest absolute Gasteiger partial charge is 0.341 e. The van der Waals surface area contributed by atoms with Gasteiger partial charge in [0.1, 0.15) is 11.6 Å². The van der Waals surface area contributed by atoms with Crippen LogP contribution in [0.1, 0.15) is 37.5 Å². The highest BCUT2D eigenvalue weighted by atomic mass is 19.1. The van der Waals surface area contributed by atoms with Gasteiger partial charge in [-0.1, -0.05) is 6.42 Å². The Hall–Kier alpha value is -2.80. The Balaban J connectivity index is 1.43. The summed E-state index contributed by atoms with van der Waals surface area (Å²) >= 11 is 0. The van der Waals surface area contributed by atoms with Gasteiger partial charge in [-0.05, 0) is 49.7 Å². The number of halogens is 1. The van der Waals surface area contributed by atoms with E-state index in [-0.39, 0.29) is 17.8 Å². The molecular weight excluding hydrogens is 345 g/mol. The number of likely N-dealkylation sites (tertiary alicyclic amines) is 1. The van der Waals surface area contributed by atoms with Gasteiger partial charge < -0.3 is 10.3 Å². The molecule has 1 aliphatic heterocycles. The van der Waals surface area contributed by atoms with Gasteiger partial charge in [0.15, 0.2) is 0 Å². The molecule has 2 N–H and O–H groups in total. The molecule has 1 fully saturated rings. The summed E-state index contributed by atoms with van der Waals surface area (Å²) in [5.74, 6) is 0.548. The lowest BCUT2D eigenvalue weighted by atomic mass is 10.0. The van der Waals surface area contributed by atoms with Crippen LogP contribution in [0.15, 0.2) is 42.7 Å². The van der Waals surface area contributed by atoms with Crippen molar-refractivity contribution in [1.29, 1.82) is 0 Å². The van der Waals surface area contributed by atoms with E-state index in [0.717, 1.165) is 37.1 Å². The molecule has 27 heavy (non-hydrogen) atoms. The van der Waals surface area contributed by atoms with Crippen LogP contribution < -0.4 is 5.32 Å². The van der Waals surface area contributed by atoms with E-state index in [0.29, 0.717) is 24.2 Å². The van der Waals surface area contributed by atoms with E-state index in [1.807, 2.05) is 6.07 Å². The molecule has 1 aromatic carbocycles. The molecule has 140 valence electrons. The van der Waals surface area contributed by atoms with Crippen LogP contribution in [-0.4, -0.2) is 38.8 Å². The first kappa shape index (κ1) is 17.6. The summed E-state index contributed by atoms with van der Waals surface area (Å²) in [4.78, 5) is 26.5. The second-order valence-corrected chi connectivity index (χ2v) is 6.87. The Morgan fingerprint density at radius 3 is 3.11 bits per heavy atom. The topological polar surface area (TPSA) is 73.9 Å². The lowest BCUT2D eigenvalue weighted by Gasteiger charge is -2.34. The predicted octanol–water partition coefficient (Wildman–Crippen LogP) is 3.65. The minimum atomic E-state index is -0.273. The molecule has 1 aliphatic rings. The van der Waals surface area contributed by atoms with Gasteiger partial charge in [0, 0.05) is 19.2 Å². The van der Waals surface area contributed by atoms with Crippen LogP contribution in [0.4, 0.5) is 10.1 Å². The van der Waals surface area contributed by atoms with Crippen LogP contribution in [0.5, 0.6) is 0 Å². The number of hydrogen-bond acceptors (Lipinski definition) is 4. The molecule has 0 bridgehead atoms. The molecule has 0 spiro atoms. The van der Waals surface area contributed by atoms with Crippen LogP contribution >= 0.6 is 0 Å². The summed E-state index contributed by atoms with van der Waals surface area (Å²) < 4.78 is 13.4. The molecule has 1 saturated heterocycles. The number of imidazole rings is 1. The SMILES string of the molecule is O=C(CCN1CCCC[C@H]1c1nc2ccc(F)cc2[nH]1)Nc1cccnc1. The van der Waals surface area contributed by atoms with E-state index in [9.17, 15) is 9.18 Å².